The van der Waals surface area contributed by atoms with Crippen LogP contribution in [0.4, 0.5) is 8.78 Å². The van der Waals surface area contributed by atoms with Gasteiger partial charge in [0, 0.05) is 17.2 Å². The molecule has 1 fully saturated rings. The Kier molecular flexibility index (Phi) is 3.98. The molecule has 0 aliphatic heterocycles. The number of ketones is 1. The summed E-state index contributed by atoms with van der Waals surface area (Å²) in [6.07, 6.45) is 1.93. The van der Waals surface area contributed by atoms with Crippen LogP contribution in [0, 0.1) is 17.6 Å². The van der Waals surface area contributed by atoms with Gasteiger partial charge >= 0.3 is 0 Å². The molecule has 0 saturated heterocycles. The van der Waals surface area contributed by atoms with Crippen LogP contribution >= 0.6 is 11.6 Å². The Morgan fingerprint density at radius 3 is 2.36 bits per heavy atom. The molecule has 2 aromatic rings. The summed E-state index contributed by atoms with van der Waals surface area (Å²) in [6.45, 7) is 0. The smallest absolute Gasteiger partial charge is 0.197 e. The molecular formula is C17H14ClF2NO. The predicted molar refractivity (Wildman–Crippen MR) is 80.9 cm³/mol. The van der Waals surface area contributed by atoms with Crippen molar-refractivity contribution in [1.82, 2.24) is 0 Å². The third-order valence-corrected chi connectivity index (χ3v) is 4.26. The van der Waals surface area contributed by atoms with Gasteiger partial charge in [0.2, 0.25) is 0 Å². The fourth-order valence-corrected chi connectivity index (χ4v) is 2.72. The van der Waals surface area contributed by atoms with Crippen LogP contribution in [0.3, 0.4) is 0 Å². The third kappa shape index (κ3) is 2.76. The van der Waals surface area contributed by atoms with E-state index in [1.807, 2.05) is 0 Å². The molecule has 3 rings (SSSR count). The first kappa shape index (κ1) is 15.1. The summed E-state index contributed by atoms with van der Waals surface area (Å²) in [4.78, 5) is 12.5. The molecule has 0 aromatic heterocycles. The first-order valence-corrected chi connectivity index (χ1v) is 7.40. The summed E-state index contributed by atoms with van der Waals surface area (Å²) in [5.41, 5.74) is 6.31. The van der Waals surface area contributed by atoms with Gasteiger partial charge in [-0.3, -0.25) is 4.79 Å². The standard InChI is InChI=1S/C17H14ClF2NO/c18-13-8-7-12(16(21)9-1-2-9)15(20)14(13)17(22)10-3-5-11(19)6-4-10/h3-9,16H,1-2,21H2. The van der Waals surface area contributed by atoms with Crippen LogP contribution in [0.5, 0.6) is 0 Å². The number of carbonyl (C=O) groups is 1. The highest BCUT2D eigenvalue weighted by Gasteiger charge is 2.33. The number of nitrogens with two attached hydrogens (primary N) is 1. The lowest BCUT2D eigenvalue weighted by molar-refractivity contribution is 0.103. The van der Waals surface area contributed by atoms with Gasteiger partial charge in [0.1, 0.15) is 11.6 Å². The normalized spacial score (nSPS) is 15.6. The lowest BCUT2D eigenvalue weighted by Crippen LogP contribution is -2.17. The summed E-state index contributed by atoms with van der Waals surface area (Å²) in [7, 11) is 0. The molecule has 2 aromatic carbocycles. The molecule has 22 heavy (non-hydrogen) atoms. The van der Waals surface area contributed by atoms with Gasteiger partial charge in [0.15, 0.2) is 5.78 Å². The van der Waals surface area contributed by atoms with Gasteiger partial charge in [-0.2, -0.15) is 0 Å². The highest BCUT2D eigenvalue weighted by Crippen LogP contribution is 2.41. The molecule has 2 nitrogen and oxygen atoms in total. The number of carbonyl (C=O) groups excluding carboxylic acids is 1. The molecule has 0 spiro atoms. The molecule has 2 N–H and O–H groups in total. The van der Waals surface area contributed by atoms with Crippen molar-refractivity contribution in [2.45, 2.75) is 18.9 Å². The van der Waals surface area contributed by atoms with Crippen molar-refractivity contribution in [3.05, 3.63) is 69.7 Å². The molecule has 5 heteroatoms. The quantitative estimate of drug-likeness (QED) is 0.855. The van der Waals surface area contributed by atoms with Crippen molar-refractivity contribution in [3.63, 3.8) is 0 Å². The number of hydrogen-bond donors (Lipinski definition) is 1. The summed E-state index contributed by atoms with van der Waals surface area (Å²) in [5.74, 6) is -1.47. The van der Waals surface area contributed by atoms with E-state index in [9.17, 15) is 13.6 Å². The highest BCUT2D eigenvalue weighted by atomic mass is 35.5. The number of rotatable bonds is 4. The van der Waals surface area contributed by atoms with Crippen molar-refractivity contribution in [2.75, 3.05) is 0 Å². The van der Waals surface area contributed by atoms with Crippen molar-refractivity contribution in [3.8, 4) is 0 Å². The minimum atomic E-state index is -0.679. The maximum absolute atomic E-state index is 14.7. The Labute approximate surface area is 131 Å². The molecule has 1 aliphatic rings. The van der Waals surface area contributed by atoms with Gasteiger partial charge in [-0.15, -0.1) is 0 Å². The lowest BCUT2D eigenvalue weighted by Gasteiger charge is -2.15. The van der Waals surface area contributed by atoms with E-state index in [1.54, 1.807) is 0 Å². The number of halogens is 3. The van der Waals surface area contributed by atoms with Crippen LogP contribution in [-0.4, -0.2) is 5.78 Å². The zero-order chi connectivity index (χ0) is 15.9. The largest absolute Gasteiger partial charge is 0.324 e. The van der Waals surface area contributed by atoms with Gasteiger partial charge in [0.25, 0.3) is 0 Å². The molecule has 1 aliphatic carbocycles. The van der Waals surface area contributed by atoms with Crippen LogP contribution in [0.15, 0.2) is 36.4 Å². The van der Waals surface area contributed by atoms with Gasteiger partial charge < -0.3 is 5.73 Å². The van der Waals surface area contributed by atoms with E-state index in [1.165, 1.54) is 24.3 Å². The van der Waals surface area contributed by atoms with Crippen molar-refractivity contribution >= 4 is 17.4 Å². The second-order valence-corrected chi connectivity index (χ2v) is 5.93. The molecule has 1 atom stereocenters. The zero-order valence-corrected chi connectivity index (χ0v) is 12.4. The minimum Gasteiger partial charge on any atom is -0.324 e. The Morgan fingerprint density at radius 2 is 1.77 bits per heavy atom. The topological polar surface area (TPSA) is 43.1 Å². The van der Waals surface area contributed by atoms with E-state index < -0.39 is 23.5 Å². The Balaban J connectivity index is 2.03. The maximum Gasteiger partial charge on any atom is 0.197 e. The van der Waals surface area contributed by atoms with E-state index in [2.05, 4.69) is 0 Å². The molecule has 0 bridgehead atoms. The van der Waals surface area contributed by atoms with Crippen LogP contribution in [0.25, 0.3) is 0 Å². The molecule has 1 saturated carbocycles. The van der Waals surface area contributed by atoms with Gasteiger partial charge in [-0.05, 0) is 49.1 Å². The Morgan fingerprint density at radius 1 is 1.14 bits per heavy atom. The van der Waals surface area contributed by atoms with Gasteiger partial charge in [0.05, 0.1) is 10.6 Å². The molecule has 0 amide bonds. The fourth-order valence-electron chi connectivity index (χ4n) is 2.49. The highest BCUT2D eigenvalue weighted by molar-refractivity contribution is 6.35. The van der Waals surface area contributed by atoms with E-state index in [0.717, 1.165) is 25.0 Å². The zero-order valence-electron chi connectivity index (χ0n) is 11.7. The van der Waals surface area contributed by atoms with Gasteiger partial charge in [-0.1, -0.05) is 17.7 Å². The number of benzene rings is 2. The lowest BCUT2D eigenvalue weighted by atomic mass is 9.96. The average molecular weight is 322 g/mol. The Bertz CT molecular complexity index is 726. The fraction of sp³-hybridized carbons (Fsp3) is 0.235. The summed E-state index contributed by atoms with van der Waals surface area (Å²) < 4.78 is 27.7. The Hall–Kier alpha value is -1.78. The van der Waals surface area contributed by atoms with E-state index >= 15 is 0 Å². The molecule has 1 unspecified atom stereocenters. The monoisotopic (exact) mass is 321 g/mol. The first-order valence-electron chi connectivity index (χ1n) is 7.02. The molecular weight excluding hydrogens is 308 g/mol. The second kappa shape index (κ2) is 5.78. The number of hydrogen-bond acceptors (Lipinski definition) is 2. The van der Waals surface area contributed by atoms with Crippen LogP contribution < -0.4 is 5.73 Å². The van der Waals surface area contributed by atoms with Crippen molar-refractivity contribution in [2.24, 2.45) is 11.7 Å². The third-order valence-electron chi connectivity index (χ3n) is 3.94. The summed E-state index contributed by atoms with van der Waals surface area (Å²) >= 11 is 6.00. The van der Waals surface area contributed by atoms with Crippen LogP contribution in [0.1, 0.15) is 40.4 Å². The SMILES string of the molecule is NC(c1ccc(Cl)c(C(=O)c2ccc(F)cc2)c1F)C1CC1. The van der Waals surface area contributed by atoms with Crippen LogP contribution in [0.2, 0.25) is 5.02 Å². The van der Waals surface area contributed by atoms with Crippen molar-refractivity contribution in [1.29, 1.82) is 0 Å². The molecule has 114 valence electrons. The maximum atomic E-state index is 14.7. The average Bonchev–Trinajstić information content (AvgIpc) is 3.32. The van der Waals surface area contributed by atoms with E-state index in [4.69, 9.17) is 17.3 Å². The van der Waals surface area contributed by atoms with E-state index in [-0.39, 0.29) is 22.1 Å². The molecule has 0 radical (unpaired) electrons. The molecule has 0 heterocycles. The predicted octanol–water partition coefficient (Wildman–Crippen LogP) is 4.26. The van der Waals surface area contributed by atoms with Gasteiger partial charge in [-0.25, -0.2) is 8.78 Å². The van der Waals surface area contributed by atoms with Crippen LogP contribution in [-0.2, 0) is 0 Å². The van der Waals surface area contributed by atoms with Crippen molar-refractivity contribution < 1.29 is 13.6 Å². The minimum absolute atomic E-state index is 0.0265. The van der Waals surface area contributed by atoms with E-state index in [0.29, 0.717) is 5.56 Å². The first-order chi connectivity index (χ1) is 10.5. The second-order valence-electron chi connectivity index (χ2n) is 5.52. The summed E-state index contributed by atoms with van der Waals surface area (Å²) in [5, 5.41) is 0.0265. The summed E-state index contributed by atoms with van der Waals surface area (Å²) in [6, 6.07) is 7.50.